The number of nitrogens with one attached hydrogen (secondary N) is 2. The van der Waals surface area contributed by atoms with E-state index in [0.717, 1.165) is 23.2 Å². The average Bonchev–Trinajstić information content (AvgIpc) is 2.65. The van der Waals surface area contributed by atoms with Crippen LogP contribution >= 0.6 is 35.6 Å². The van der Waals surface area contributed by atoms with Crippen molar-refractivity contribution in [1.29, 1.82) is 0 Å². The van der Waals surface area contributed by atoms with Crippen molar-refractivity contribution >= 4 is 41.5 Å². The van der Waals surface area contributed by atoms with E-state index in [9.17, 15) is 4.39 Å². The Morgan fingerprint density at radius 3 is 2.74 bits per heavy atom. The van der Waals surface area contributed by atoms with Crippen molar-refractivity contribution in [1.82, 2.24) is 10.6 Å². The smallest absolute Gasteiger partial charge is 0.191 e. The minimum absolute atomic E-state index is 0. The number of guanidine groups is 1. The maximum Gasteiger partial charge on any atom is 0.191 e. The first kappa shape index (κ1) is 21.7. The van der Waals surface area contributed by atoms with Crippen molar-refractivity contribution < 1.29 is 13.9 Å². The summed E-state index contributed by atoms with van der Waals surface area (Å²) >= 11 is 5.90. The molecule has 1 aliphatic heterocycles. The van der Waals surface area contributed by atoms with E-state index in [-0.39, 0.29) is 36.6 Å². The van der Waals surface area contributed by atoms with Gasteiger partial charge in [0.15, 0.2) is 12.8 Å². The lowest BCUT2D eigenvalue weighted by molar-refractivity contribution is -0.0172. The summed E-state index contributed by atoms with van der Waals surface area (Å²) in [6.07, 6.45) is 0. The van der Waals surface area contributed by atoms with E-state index in [1.165, 1.54) is 12.1 Å². The molecule has 0 saturated heterocycles. The van der Waals surface area contributed by atoms with Crippen LogP contribution in [-0.2, 0) is 24.4 Å². The Morgan fingerprint density at radius 1 is 1.22 bits per heavy atom. The quantitative estimate of drug-likeness (QED) is 0.363. The molecule has 8 heteroatoms. The van der Waals surface area contributed by atoms with Crippen molar-refractivity contribution in [3.63, 3.8) is 0 Å². The van der Waals surface area contributed by atoms with Gasteiger partial charge in [-0.15, -0.1) is 24.0 Å². The summed E-state index contributed by atoms with van der Waals surface area (Å²) < 4.78 is 24.6. The minimum atomic E-state index is -0.308. The Bertz CT molecular complexity index is 787. The third-order valence-electron chi connectivity index (χ3n) is 3.88. The predicted octanol–water partition coefficient (Wildman–Crippen LogP) is 4.22. The van der Waals surface area contributed by atoms with Gasteiger partial charge in [-0.1, -0.05) is 23.7 Å². The molecule has 0 saturated carbocycles. The zero-order valence-corrected chi connectivity index (χ0v) is 18.0. The lowest BCUT2D eigenvalue weighted by Crippen LogP contribution is -2.37. The number of benzene rings is 2. The van der Waals surface area contributed by atoms with Crippen LogP contribution in [0.4, 0.5) is 4.39 Å². The molecular formula is C19H22ClFIN3O2. The highest BCUT2D eigenvalue weighted by atomic mass is 127. The molecule has 0 spiro atoms. The zero-order chi connectivity index (χ0) is 18.4. The van der Waals surface area contributed by atoms with E-state index < -0.39 is 0 Å². The van der Waals surface area contributed by atoms with Gasteiger partial charge in [0, 0.05) is 29.2 Å². The number of rotatable bonds is 5. The van der Waals surface area contributed by atoms with Gasteiger partial charge in [-0.2, -0.15) is 0 Å². The highest BCUT2D eigenvalue weighted by Gasteiger charge is 2.17. The van der Waals surface area contributed by atoms with Gasteiger partial charge in [-0.05, 0) is 36.8 Å². The van der Waals surface area contributed by atoms with Crippen LogP contribution in [0, 0.1) is 5.82 Å². The molecule has 0 atom stereocenters. The summed E-state index contributed by atoms with van der Waals surface area (Å²) in [4.78, 5) is 4.56. The van der Waals surface area contributed by atoms with Crippen LogP contribution in [0.15, 0.2) is 41.4 Å². The fourth-order valence-corrected chi connectivity index (χ4v) is 2.79. The van der Waals surface area contributed by atoms with E-state index in [0.29, 0.717) is 36.4 Å². The summed E-state index contributed by atoms with van der Waals surface area (Å²) in [5.74, 6) is 1.02. The number of hydrogen-bond donors (Lipinski definition) is 2. The first-order valence-electron chi connectivity index (χ1n) is 8.44. The molecule has 0 unspecified atom stereocenters. The van der Waals surface area contributed by atoms with Gasteiger partial charge >= 0.3 is 0 Å². The summed E-state index contributed by atoms with van der Waals surface area (Å²) in [7, 11) is 0. The Balaban J connectivity index is 0.00000261. The van der Waals surface area contributed by atoms with Crippen LogP contribution in [0.1, 0.15) is 23.6 Å². The lowest BCUT2D eigenvalue weighted by Gasteiger charge is -2.21. The van der Waals surface area contributed by atoms with Gasteiger partial charge in [0.25, 0.3) is 0 Å². The molecule has 0 bridgehead atoms. The Labute approximate surface area is 180 Å². The van der Waals surface area contributed by atoms with E-state index in [4.69, 9.17) is 21.1 Å². The van der Waals surface area contributed by atoms with Crippen LogP contribution in [-0.4, -0.2) is 19.3 Å². The third-order valence-corrected chi connectivity index (χ3v) is 4.13. The summed E-state index contributed by atoms with van der Waals surface area (Å²) in [5, 5.41) is 7.10. The normalized spacial score (nSPS) is 13.2. The highest BCUT2D eigenvalue weighted by Crippen LogP contribution is 2.29. The molecule has 146 valence electrons. The van der Waals surface area contributed by atoms with Gasteiger partial charge in [-0.3, -0.25) is 0 Å². The molecule has 0 aromatic heterocycles. The topological polar surface area (TPSA) is 54.9 Å². The van der Waals surface area contributed by atoms with Crippen molar-refractivity contribution in [2.75, 3.05) is 13.3 Å². The highest BCUT2D eigenvalue weighted by molar-refractivity contribution is 14.0. The molecule has 0 aliphatic carbocycles. The fraction of sp³-hybridized carbons (Fsp3) is 0.316. The molecule has 5 nitrogen and oxygen atoms in total. The van der Waals surface area contributed by atoms with Gasteiger partial charge in [0.2, 0.25) is 0 Å². The van der Waals surface area contributed by atoms with Gasteiger partial charge in [0.1, 0.15) is 11.6 Å². The molecular weight excluding hydrogens is 484 g/mol. The largest absolute Gasteiger partial charge is 0.467 e. The van der Waals surface area contributed by atoms with Gasteiger partial charge in [-0.25, -0.2) is 9.38 Å². The molecule has 0 radical (unpaired) electrons. The SMILES string of the molecule is CCNC(=NCc1ccc(Cl)cc1)NCc1cc(F)cc2c1OCOC2.I. The molecule has 2 aromatic carbocycles. The number of hydrogen-bond acceptors (Lipinski definition) is 3. The first-order valence-corrected chi connectivity index (χ1v) is 8.82. The van der Waals surface area contributed by atoms with Crippen molar-refractivity contribution in [2.24, 2.45) is 4.99 Å². The van der Waals surface area contributed by atoms with Crippen molar-refractivity contribution in [3.05, 3.63) is 63.9 Å². The average molecular weight is 506 g/mol. The van der Waals surface area contributed by atoms with Gasteiger partial charge < -0.3 is 20.1 Å². The van der Waals surface area contributed by atoms with Crippen LogP contribution in [0.2, 0.25) is 5.02 Å². The maximum absolute atomic E-state index is 13.8. The maximum atomic E-state index is 13.8. The molecule has 2 aromatic rings. The third kappa shape index (κ3) is 6.22. The van der Waals surface area contributed by atoms with E-state index >= 15 is 0 Å². The number of fused-ring (bicyclic) bond motifs is 1. The molecule has 1 heterocycles. The number of aliphatic imine (C=N–C) groups is 1. The monoisotopic (exact) mass is 505 g/mol. The molecule has 1 aliphatic rings. The number of nitrogens with zero attached hydrogens (tertiary/aromatic N) is 1. The zero-order valence-electron chi connectivity index (χ0n) is 14.9. The number of halogens is 3. The Hall–Kier alpha value is -1.58. The van der Waals surface area contributed by atoms with E-state index in [2.05, 4.69) is 15.6 Å². The number of ether oxygens (including phenoxy) is 2. The summed E-state index contributed by atoms with van der Waals surface area (Å²) in [6, 6.07) is 10.5. The van der Waals surface area contributed by atoms with Crippen molar-refractivity contribution in [2.45, 2.75) is 26.6 Å². The van der Waals surface area contributed by atoms with Crippen LogP contribution in [0.5, 0.6) is 5.75 Å². The van der Waals surface area contributed by atoms with Crippen LogP contribution in [0.3, 0.4) is 0 Å². The summed E-state index contributed by atoms with van der Waals surface area (Å²) in [6.45, 7) is 4.15. The van der Waals surface area contributed by atoms with Crippen molar-refractivity contribution in [3.8, 4) is 5.75 Å². The van der Waals surface area contributed by atoms with E-state index in [1.807, 2.05) is 31.2 Å². The second-order valence-electron chi connectivity index (χ2n) is 5.84. The molecule has 3 rings (SSSR count). The Kier molecular flexibility index (Phi) is 8.59. The van der Waals surface area contributed by atoms with Crippen LogP contribution in [0.25, 0.3) is 0 Å². The van der Waals surface area contributed by atoms with Crippen LogP contribution < -0.4 is 15.4 Å². The lowest BCUT2D eigenvalue weighted by atomic mass is 10.1. The predicted molar refractivity (Wildman–Crippen MR) is 115 cm³/mol. The fourth-order valence-electron chi connectivity index (χ4n) is 2.67. The second-order valence-corrected chi connectivity index (χ2v) is 6.28. The Morgan fingerprint density at radius 2 is 2.00 bits per heavy atom. The minimum Gasteiger partial charge on any atom is -0.467 e. The van der Waals surface area contributed by atoms with E-state index in [1.54, 1.807) is 0 Å². The standard InChI is InChI=1S/C19H21ClFN3O2.HI/c1-2-22-19(23-9-13-3-5-16(20)6-4-13)24-10-14-7-17(21)8-15-11-25-12-26-18(14)15;/h3-8H,2,9-12H2,1H3,(H2,22,23,24);1H. The molecule has 2 N–H and O–H groups in total. The van der Waals surface area contributed by atoms with Gasteiger partial charge in [0.05, 0.1) is 13.2 Å². The molecule has 0 fully saturated rings. The second kappa shape index (κ2) is 10.7. The molecule has 0 amide bonds. The molecule has 27 heavy (non-hydrogen) atoms. The first-order chi connectivity index (χ1) is 12.7. The summed E-state index contributed by atoms with van der Waals surface area (Å²) in [5.41, 5.74) is 2.51.